The minimum atomic E-state index is -0.146. The lowest BCUT2D eigenvalue weighted by Crippen LogP contribution is -2.58. The van der Waals surface area contributed by atoms with E-state index in [1.807, 2.05) is 13.8 Å². The Balaban J connectivity index is 1.91. The van der Waals surface area contributed by atoms with E-state index in [1.165, 1.54) is 19.3 Å². The van der Waals surface area contributed by atoms with Crippen molar-refractivity contribution in [1.82, 2.24) is 0 Å². The zero-order valence-corrected chi connectivity index (χ0v) is 12.2. The molecule has 2 unspecified atom stereocenters. The number of ether oxygens (including phenoxy) is 1. The highest BCUT2D eigenvalue weighted by atomic mass is 16.5. The fourth-order valence-corrected chi connectivity index (χ4v) is 6.01. The van der Waals surface area contributed by atoms with Crippen molar-refractivity contribution in [3.05, 3.63) is 0 Å². The Labute approximate surface area is 110 Å². The molecule has 4 aliphatic carbocycles. The molecule has 2 atom stereocenters. The molecule has 0 spiro atoms. The van der Waals surface area contributed by atoms with Crippen LogP contribution in [0.3, 0.4) is 0 Å². The van der Waals surface area contributed by atoms with Crippen LogP contribution in [0.15, 0.2) is 0 Å². The monoisotopic (exact) mass is 250 g/mol. The molecule has 2 nitrogen and oxygen atoms in total. The Kier molecular flexibility index (Phi) is 2.44. The van der Waals surface area contributed by atoms with Gasteiger partial charge in [-0.25, -0.2) is 0 Å². The molecule has 102 valence electrons. The maximum Gasteiger partial charge on any atom is 0.312 e. The second-order valence-corrected chi connectivity index (χ2v) is 8.36. The zero-order chi connectivity index (χ0) is 13.2. The van der Waals surface area contributed by atoms with Gasteiger partial charge in [0.25, 0.3) is 0 Å². The van der Waals surface area contributed by atoms with E-state index in [4.69, 9.17) is 4.74 Å². The third-order valence-electron chi connectivity index (χ3n) is 5.40. The second kappa shape index (κ2) is 3.52. The maximum atomic E-state index is 12.6. The first-order valence-electron chi connectivity index (χ1n) is 7.46. The van der Waals surface area contributed by atoms with Crippen molar-refractivity contribution in [3.63, 3.8) is 0 Å². The van der Waals surface area contributed by atoms with Gasteiger partial charge in [-0.15, -0.1) is 0 Å². The number of rotatable bonds is 2. The van der Waals surface area contributed by atoms with Crippen LogP contribution in [0.25, 0.3) is 0 Å². The number of esters is 1. The number of hydrogen-bond donors (Lipinski definition) is 0. The highest BCUT2D eigenvalue weighted by Gasteiger charge is 2.63. The Morgan fingerprint density at radius 3 is 2.06 bits per heavy atom. The van der Waals surface area contributed by atoms with Gasteiger partial charge in [0, 0.05) is 0 Å². The molecule has 0 aromatic heterocycles. The Bertz CT molecular complexity index is 367. The molecule has 0 aliphatic heterocycles. The summed E-state index contributed by atoms with van der Waals surface area (Å²) in [6.45, 7) is 8.71. The van der Waals surface area contributed by atoms with E-state index in [9.17, 15) is 4.79 Å². The number of carbonyl (C=O) groups excluding carboxylic acids is 1. The van der Waals surface area contributed by atoms with Crippen molar-refractivity contribution in [2.24, 2.45) is 22.2 Å². The summed E-state index contributed by atoms with van der Waals surface area (Å²) in [5, 5.41) is 0. The lowest BCUT2D eigenvalue weighted by molar-refractivity contribution is -0.194. The molecule has 4 fully saturated rings. The van der Waals surface area contributed by atoms with Gasteiger partial charge in [-0.3, -0.25) is 4.79 Å². The Hall–Kier alpha value is -0.530. The van der Waals surface area contributed by atoms with Crippen molar-refractivity contribution >= 4 is 5.97 Å². The number of hydrogen-bond acceptors (Lipinski definition) is 2. The summed E-state index contributed by atoms with van der Waals surface area (Å²) < 4.78 is 5.59. The van der Waals surface area contributed by atoms with Crippen LogP contribution in [-0.4, -0.2) is 12.1 Å². The molecule has 0 heterocycles. The zero-order valence-electron chi connectivity index (χ0n) is 12.2. The molecule has 18 heavy (non-hydrogen) atoms. The van der Waals surface area contributed by atoms with Crippen LogP contribution in [0, 0.1) is 22.2 Å². The first-order valence-corrected chi connectivity index (χ1v) is 7.46. The largest absolute Gasteiger partial charge is 0.463 e. The fourth-order valence-electron chi connectivity index (χ4n) is 6.01. The van der Waals surface area contributed by atoms with E-state index < -0.39 is 0 Å². The van der Waals surface area contributed by atoms with Crippen LogP contribution in [-0.2, 0) is 9.53 Å². The third kappa shape index (κ3) is 1.80. The van der Waals surface area contributed by atoms with Crippen LogP contribution in [0.5, 0.6) is 0 Å². The summed E-state index contributed by atoms with van der Waals surface area (Å²) in [5.74, 6) is 0.856. The molecule has 0 N–H and O–H groups in total. The van der Waals surface area contributed by atoms with E-state index in [0.29, 0.717) is 10.8 Å². The van der Waals surface area contributed by atoms with Gasteiger partial charge in [0.1, 0.15) is 0 Å². The summed E-state index contributed by atoms with van der Waals surface area (Å²) in [6.07, 6.45) is 7.22. The summed E-state index contributed by atoms with van der Waals surface area (Å²) in [4.78, 5) is 12.6. The second-order valence-electron chi connectivity index (χ2n) is 8.36. The van der Waals surface area contributed by atoms with Crippen molar-refractivity contribution in [1.29, 1.82) is 0 Å². The molecule has 0 saturated heterocycles. The minimum Gasteiger partial charge on any atom is -0.463 e. The topological polar surface area (TPSA) is 26.3 Å². The third-order valence-corrected chi connectivity index (χ3v) is 5.40. The van der Waals surface area contributed by atoms with Gasteiger partial charge in [-0.1, -0.05) is 13.8 Å². The van der Waals surface area contributed by atoms with Gasteiger partial charge in [-0.05, 0) is 69.1 Å². The van der Waals surface area contributed by atoms with E-state index in [-0.39, 0.29) is 17.5 Å². The van der Waals surface area contributed by atoms with Gasteiger partial charge < -0.3 is 4.74 Å². The first-order chi connectivity index (χ1) is 8.24. The molecule has 0 aromatic carbocycles. The molecule has 4 aliphatic rings. The molecular formula is C16H26O2. The fraction of sp³-hybridized carbons (Fsp3) is 0.938. The molecule has 4 saturated carbocycles. The lowest BCUT2D eigenvalue weighted by Gasteiger charge is -2.64. The standard InChI is InChI=1S/C16H26O2/c1-11(2)18-13(17)16-7-12-5-14(3,9-16)8-15(4,6-12)10-16/h11-12H,5-10H2,1-4H3. The van der Waals surface area contributed by atoms with Crippen molar-refractivity contribution in [2.45, 2.75) is 72.3 Å². The van der Waals surface area contributed by atoms with Gasteiger partial charge >= 0.3 is 5.97 Å². The Morgan fingerprint density at radius 1 is 1.06 bits per heavy atom. The van der Waals surface area contributed by atoms with Crippen LogP contribution < -0.4 is 0 Å². The molecule has 0 radical (unpaired) electrons. The summed E-state index contributed by atoms with van der Waals surface area (Å²) in [6, 6.07) is 0. The van der Waals surface area contributed by atoms with Crippen LogP contribution in [0.1, 0.15) is 66.2 Å². The van der Waals surface area contributed by atoms with Crippen LogP contribution >= 0.6 is 0 Å². The average Bonchev–Trinajstić information content (AvgIpc) is 2.09. The minimum absolute atomic E-state index is 0.0196. The summed E-state index contributed by atoms with van der Waals surface area (Å²) >= 11 is 0. The van der Waals surface area contributed by atoms with Crippen molar-refractivity contribution in [2.75, 3.05) is 0 Å². The highest BCUT2D eigenvalue weighted by Crippen LogP contribution is 2.69. The van der Waals surface area contributed by atoms with E-state index in [1.54, 1.807) is 0 Å². The molecule has 0 aromatic rings. The average molecular weight is 250 g/mol. The molecule has 4 rings (SSSR count). The predicted molar refractivity (Wildman–Crippen MR) is 71.1 cm³/mol. The van der Waals surface area contributed by atoms with Crippen LogP contribution in [0.2, 0.25) is 0 Å². The first kappa shape index (κ1) is 12.5. The van der Waals surface area contributed by atoms with E-state index >= 15 is 0 Å². The SMILES string of the molecule is CC(C)OC(=O)C12CC3CC(C)(CC(C)(C3)C1)C2. The van der Waals surface area contributed by atoms with Gasteiger partial charge in [0.05, 0.1) is 11.5 Å². The highest BCUT2D eigenvalue weighted by molar-refractivity contribution is 5.78. The molecule has 0 amide bonds. The molecule has 2 heteroatoms. The van der Waals surface area contributed by atoms with Crippen molar-refractivity contribution < 1.29 is 9.53 Å². The lowest BCUT2D eigenvalue weighted by atomic mass is 9.40. The van der Waals surface area contributed by atoms with Gasteiger partial charge in [0.2, 0.25) is 0 Å². The van der Waals surface area contributed by atoms with Gasteiger partial charge in [0.15, 0.2) is 0 Å². The molecular weight excluding hydrogens is 224 g/mol. The van der Waals surface area contributed by atoms with E-state index in [2.05, 4.69) is 13.8 Å². The summed E-state index contributed by atoms with van der Waals surface area (Å²) in [5.41, 5.74) is 0.640. The quantitative estimate of drug-likeness (QED) is 0.694. The van der Waals surface area contributed by atoms with Crippen LogP contribution in [0.4, 0.5) is 0 Å². The smallest absolute Gasteiger partial charge is 0.312 e. The van der Waals surface area contributed by atoms with Gasteiger partial charge in [-0.2, -0.15) is 0 Å². The Morgan fingerprint density at radius 2 is 1.61 bits per heavy atom. The maximum absolute atomic E-state index is 12.6. The normalized spacial score (nSPS) is 49.7. The van der Waals surface area contributed by atoms with Crippen molar-refractivity contribution in [3.8, 4) is 0 Å². The van der Waals surface area contributed by atoms with E-state index in [0.717, 1.165) is 25.2 Å². The summed E-state index contributed by atoms with van der Waals surface area (Å²) in [7, 11) is 0. The molecule has 4 bridgehead atoms. The number of carbonyl (C=O) groups is 1. The predicted octanol–water partition coefficient (Wildman–Crippen LogP) is 3.93.